The molecular weight excluding hydrogens is 342 g/mol. The molecule has 0 radical (unpaired) electrons. The van der Waals surface area contributed by atoms with Crippen LogP contribution in [0.4, 0.5) is 0 Å². The largest absolute Gasteiger partial charge is 0.357 e. The van der Waals surface area contributed by atoms with Gasteiger partial charge in [-0.15, -0.1) is 11.3 Å². The number of aliphatic imine (C=N–C) groups is 1. The highest BCUT2D eigenvalue weighted by Gasteiger charge is 2.04. The van der Waals surface area contributed by atoms with Crippen molar-refractivity contribution in [3.8, 4) is 0 Å². The van der Waals surface area contributed by atoms with Crippen molar-refractivity contribution < 1.29 is 0 Å². The number of fused-ring (bicyclic) bond motifs is 1. The van der Waals surface area contributed by atoms with Crippen LogP contribution in [0.3, 0.4) is 0 Å². The second kappa shape index (κ2) is 9.29. The van der Waals surface area contributed by atoms with E-state index >= 15 is 0 Å². The van der Waals surface area contributed by atoms with E-state index in [1.807, 2.05) is 18.5 Å². The minimum Gasteiger partial charge on any atom is -0.357 e. The van der Waals surface area contributed by atoms with Crippen molar-refractivity contribution in [3.05, 3.63) is 58.2 Å². The number of pyridine rings is 1. The van der Waals surface area contributed by atoms with Crippen LogP contribution in [0.5, 0.6) is 0 Å². The van der Waals surface area contributed by atoms with Gasteiger partial charge < -0.3 is 10.6 Å². The number of thiazole rings is 1. The highest BCUT2D eigenvalue weighted by molar-refractivity contribution is 7.11. The zero-order valence-electron chi connectivity index (χ0n) is 15.3. The molecule has 3 rings (SSSR count). The number of benzene rings is 1. The Morgan fingerprint density at radius 2 is 2.00 bits per heavy atom. The first-order chi connectivity index (χ1) is 12.8. The topological polar surface area (TPSA) is 62.2 Å². The lowest BCUT2D eigenvalue weighted by atomic mass is 10.1. The highest BCUT2D eigenvalue weighted by Crippen LogP contribution is 2.16. The van der Waals surface area contributed by atoms with Crippen molar-refractivity contribution in [3.63, 3.8) is 0 Å². The molecule has 0 bridgehead atoms. The van der Waals surface area contributed by atoms with Gasteiger partial charge in [0.15, 0.2) is 5.96 Å². The van der Waals surface area contributed by atoms with Gasteiger partial charge >= 0.3 is 0 Å². The van der Waals surface area contributed by atoms with Crippen LogP contribution >= 0.6 is 11.3 Å². The van der Waals surface area contributed by atoms with E-state index in [-0.39, 0.29) is 0 Å². The molecule has 0 saturated carbocycles. The van der Waals surface area contributed by atoms with Crippen LogP contribution in [0.15, 0.2) is 47.7 Å². The molecule has 136 valence electrons. The van der Waals surface area contributed by atoms with E-state index in [9.17, 15) is 0 Å². The molecule has 0 spiro atoms. The molecule has 0 unspecified atom stereocenters. The molecule has 0 amide bonds. The average Bonchev–Trinajstić information content (AvgIpc) is 3.14. The summed E-state index contributed by atoms with van der Waals surface area (Å²) in [5, 5.41) is 9.02. The van der Waals surface area contributed by atoms with Gasteiger partial charge in [0.25, 0.3) is 0 Å². The maximum absolute atomic E-state index is 4.72. The van der Waals surface area contributed by atoms with E-state index in [4.69, 9.17) is 4.99 Å². The van der Waals surface area contributed by atoms with Gasteiger partial charge in [0, 0.05) is 42.2 Å². The predicted octanol–water partition coefficient (Wildman–Crippen LogP) is 3.55. The summed E-state index contributed by atoms with van der Waals surface area (Å²) in [5.41, 5.74) is 2.15. The molecule has 1 aromatic carbocycles. The van der Waals surface area contributed by atoms with E-state index in [2.05, 4.69) is 58.7 Å². The summed E-state index contributed by atoms with van der Waals surface area (Å²) in [6, 6.07) is 10.3. The fourth-order valence-corrected chi connectivity index (χ4v) is 3.58. The zero-order chi connectivity index (χ0) is 18.2. The standard InChI is InChI=1S/C20H25N5S/c1-3-17-14-24-18(26-17)10-12-23-20(21-4-2)25-13-16-8-5-7-15-9-6-11-22-19(15)16/h5-9,11,14H,3-4,10,12-13H2,1-2H3,(H2,21,23,25). The second-order valence-electron chi connectivity index (χ2n) is 5.94. The lowest BCUT2D eigenvalue weighted by Gasteiger charge is -2.11. The van der Waals surface area contributed by atoms with Crippen molar-refractivity contribution >= 4 is 28.2 Å². The van der Waals surface area contributed by atoms with Crippen molar-refractivity contribution in [2.75, 3.05) is 13.1 Å². The third kappa shape index (κ3) is 4.79. The molecule has 5 nitrogen and oxygen atoms in total. The Morgan fingerprint density at radius 3 is 2.81 bits per heavy atom. The Kier molecular flexibility index (Phi) is 6.55. The summed E-state index contributed by atoms with van der Waals surface area (Å²) in [6.45, 7) is 6.48. The first-order valence-electron chi connectivity index (χ1n) is 9.08. The molecule has 2 N–H and O–H groups in total. The number of para-hydroxylation sites is 1. The van der Waals surface area contributed by atoms with Crippen molar-refractivity contribution in [2.24, 2.45) is 4.99 Å². The Hall–Kier alpha value is -2.47. The Morgan fingerprint density at radius 1 is 1.12 bits per heavy atom. The van der Waals surface area contributed by atoms with Crippen LogP contribution in [0.25, 0.3) is 10.9 Å². The molecule has 0 aliphatic rings. The van der Waals surface area contributed by atoms with Gasteiger partial charge in [0.05, 0.1) is 17.1 Å². The predicted molar refractivity (Wildman–Crippen MR) is 110 cm³/mol. The molecule has 3 aromatic rings. The molecule has 0 atom stereocenters. The molecule has 0 aliphatic heterocycles. The van der Waals surface area contributed by atoms with E-state index in [0.717, 1.165) is 48.4 Å². The number of aromatic nitrogens is 2. The van der Waals surface area contributed by atoms with Gasteiger partial charge in [-0.05, 0) is 25.0 Å². The van der Waals surface area contributed by atoms with Crippen LogP contribution in [0, 0.1) is 0 Å². The summed E-state index contributed by atoms with van der Waals surface area (Å²) < 4.78 is 0. The fraction of sp³-hybridized carbons (Fsp3) is 0.350. The molecule has 0 aliphatic carbocycles. The summed E-state index contributed by atoms with van der Waals surface area (Å²) in [4.78, 5) is 15.0. The van der Waals surface area contributed by atoms with Gasteiger partial charge in [-0.2, -0.15) is 0 Å². The van der Waals surface area contributed by atoms with E-state index in [0.29, 0.717) is 6.54 Å². The van der Waals surface area contributed by atoms with Crippen LogP contribution in [0.2, 0.25) is 0 Å². The van der Waals surface area contributed by atoms with Gasteiger partial charge in [-0.25, -0.2) is 9.98 Å². The van der Waals surface area contributed by atoms with Crippen molar-refractivity contribution in [2.45, 2.75) is 33.2 Å². The van der Waals surface area contributed by atoms with Crippen LogP contribution in [0.1, 0.15) is 29.3 Å². The molecule has 2 heterocycles. The molecule has 2 aromatic heterocycles. The first kappa shape index (κ1) is 18.3. The maximum Gasteiger partial charge on any atom is 0.191 e. The minimum atomic E-state index is 0.598. The van der Waals surface area contributed by atoms with E-state index < -0.39 is 0 Å². The normalized spacial score (nSPS) is 11.7. The third-order valence-electron chi connectivity index (χ3n) is 4.05. The Balaban J connectivity index is 1.62. The summed E-state index contributed by atoms with van der Waals surface area (Å²) in [7, 11) is 0. The van der Waals surface area contributed by atoms with Crippen molar-refractivity contribution in [1.82, 2.24) is 20.6 Å². The van der Waals surface area contributed by atoms with E-state index in [1.54, 1.807) is 11.3 Å². The zero-order valence-corrected chi connectivity index (χ0v) is 16.1. The SMILES string of the molecule is CCNC(=NCc1cccc2cccnc12)NCCc1ncc(CC)s1. The first-order valence-corrected chi connectivity index (χ1v) is 9.90. The van der Waals surface area contributed by atoms with Gasteiger partial charge in [-0.1, -0.05) is 31.2 Å². The number of nitrogens with zero attached hydrogens (tertiary/aromatic N) is 3. The minimum absolute atomic E-state index is 0.598. The van der Waals surface area contributed by atoms with Gasteiger partial charge in [-0.3, -0.25) is 4.98 Å². The lowest BCUT2D eigenvalue weighted by Crippen LogP contribution is -2.38. The Bertz CT molecular complexity index is 866. The van der Waals surface area contributed by atoms with E-state index in [1.165, 1.54) is 9.88 Å². The van der Waals surface area contributed by atoms with Crippen LogP contribution in [-0.2, 0) is 19.4 Å². The number of nitrogens with one attached hydrogen (secondary N) is 2. The van der Waals surface area contributed by atoms with Crippen molar-refractivity contribution in [1.29, 1.82) is 0 Å². The monoisotopic (exact) mass is 367 g/mol. The summed E-state index contributed by atoms with van der Waals surface area (Å²) >= 11 is 1.79. The second-order valence-corrected chi connectivity index (χ2v) is 7.14. The summed E-state index contributed by atoms with van der Waals surface area (Å²) in [6.07, 6.45) is 5.77. The fourth-order valence-electron chi connectivity index (χ4n) is 2.72. The molecule has 0 fully saturated rings. The number of rotatable bonds is 7. The number of hydrogen-bond donors (Lipinski definition) is 2. The molecule has 26 heavy (non-hydrogen) atoms. The molecule has 6 heteroatoms. The molecular formula is C20H25N5S. The van der Waals surface area contributed by atoms with Crippen LogP contribution in [-0.4, -0.2) is 29.0 Å². The summed E-state index contributed by atoms with van der Waals surface area (Å²) in [5.74, 6) is 0.827. The average molecular weight is 368 g/mol. The van der Waals surface area contributed by atoms with Crippen LogP contribution < -0.4 is 10.6 Å². The molecule has 0 saturated heterocycles. The van der Waals surface area contributed by atoms with Gasteiger partial charge in [0.2, 0.25) is 0 Å². The quantitative estimate of drug-likeness (QED) is 0.495. The number of guanidine groups is 1. The lowest BCUT2D eigenvalue weighted by molar-refractivity contribution is 0.797. The number of hydrogen-bond acceptors (Lipinski definition) is 4. The Labute approximate surface area is 158 Å². The van der Waals surface area contributed by atoms with Gasteiger partial charge in [0.1, 0.15) is 0 Å². The third-order valence-corrected chi connectivity index (χ3v) is 5.25. The number of aryl methyl sites for hydroxylation is 1. The maximum atomic E-state index is 4.72. The smallest absolute Gasteiger partial charge is 0.191 e. The highest BCUT2D eigenvalue weighted by atomic mass is 32.1.